The van der Waals surface area contributed by atoms with E-state index in [0.29, 0.717) is 12.6 Å². The number of nitrogens with one attached hydrogen (secondary N) is 1. The van der Waals surface area contributed by atoms with Crippen molar-refractivity contribution in [1.82, 2.24) is 5.32 Å². The van der Waals surface area contributed by atoms with Gasteiger partial charge in [-0.25, -0.2) is 17.6 Å². The first-order valence-corrected chi connectivity index (χ1v) is 5.06. The smallest absolute Gasteiger partial charge is 0.280 e. The van der Waals surface area contributed by atoms with Crippen molar-refractivity contribution in [2.75, 3.05) is 13.1 Å². The van der Waals surface area contributed by atoms with Gasteiger partial charge in [-0.2, -0.15) is 0 Å². The summed E-state index contributed by atoms with van der Waals surface area (Å²) in [7, 11) is 0. The van der Waals surface area contributed by atoms with Crippen LogP contribution >= 0.6 is 0 Å². The summed E-state index contributed by atoms with van der Waals surface area (Å²) in [6.45, 7) is 0.611. The van der Waals surface area contributed by atoms with E-state index in [9.17, 15) is 17.6 Å². The summed E-state index contributed by atoms with van der Waals surface area (Å²) in [6, 6.07) is 2.15. The molecule has 1 nitrogen and oxygen atoms in total. The number of hydrogen-bond donors (Lipinski definition) is 1. The zero-order chi connectivity index (χ0) is 11.8. The van der Waals surface area contributed by atoms with Gasteiger partial charge in [0.25, 0.3) is 5.92 Å². The van der Waals surface area contributed by atoms with E-state index in [1.165, 1.54) is 0 Å². The molecular formula is C11H11F4N. The minimum Gasteiger partial charge on any atom is -0.316 e. The Hall–Kier alpha value is -1.10. The average molecular weight is 233 g/mol. The lowest BCUT2D eigenvalue weighted by molar-refractivity contribution is -0.0607. The van der Waals surface area contributed by atoms with Crippen LogP contribution in [0.25, 0.3) is 0 Å². The second kappa shape index (κ2) is 4.05. The molecule has 1 aromatic carbocycles. The molecule has 2 rings (SSSR count). The van der Waals surface area contributed by atoms with Crippen molar-refractivity contribution in [2.45, 2.75) is 12.3 Å². The van der Waals surface area contributed by atoms with Crippen molar-refractivity contribution in [3.63, 3.8) is 0 Å². The van der Waals surface area contributed by atoms with E-state index < -0.39 is 29.0 Å². The Morgan fingerprint density at radius 3 is 2.62 bits per heavy atom. The fourth-order valence-corrected chi connectivity index (χ4v) is 1.94. The van der Waals surface area contributed by atoms with Crippen LogP contribution in [-0.4, -0.2) is 13.1 Å². The molecular weight excluding hydrogens is 222 g/mol. The van der Waals surface area contributed by atoms with Gasteiger partial charge in [0.1, 0.15) is 11.6 Å². The maximum atomic E-state index is 13.9. The van der Waals surface area contributed by atoms with Crippen LogP contribution in [0.2, 0.25) is 0 Å². The molecule has 0 bridgehead atoms. The average Bonchev–Trinajstić information content (AvgIpc) is 2.75. The van der Waals surface area contributed by atoms with Gasteiger partial charge in [-0.3, -0.25) is 0 Å². The van der Waals surface area contributed by atoms with Crippen LogP contribution in [0.4, 0.5) is 17.6 Å². The second-order valence-corrected chi connectivity index (χ2v) is 3.94. The highest BCUT2D eigenvalue weighted by molar-refractivity contribution is 5.24. The topological polar surface area (TPSA) is 12.0 Å². The SMILES string of the molecule is Fc1ccc(F)c(C(F)(F)C2CCNC2)c1. The van der Waals surface area contributed by atoms with Crippen molar-refractivity contribution >= 4 is 0 Å². The number of hydrogen-bond acceptors (Lipinski definition) is 1. The summed E-state index contributed by atoms with van der Waals surface area (Å²) >= 11 is 0. The molecule has 1 atom stereocenters. The summed E-state index contributed by atoms with van der Waals surface area (Å²) in [6.07, 6.45) is 0.267. The van der Waals surface area contributed by atoms with E-state index in [1.807, 2.05) is 0 Å². The third-order valence-corrected chi connectivity index (χ3v) is 2.86. The van der Waals surface area contributed by atoms with E-state index in [1.54, 1.807) is 0 Å². The van der Waals surface area contributed by atoms with Crippen molar-refractivity contribution in [2.24, 2.45) is 5.92 Å². The van der Waals surface area contributed by atoms with E-state index in [-0.39, 0.29) is 13.0 Å². The highest BCUT2D eigenvalue weighted by Gasteiger charge is 2.44. The summed E-state index contributed by atoms with van der Waals surface area (Å²) in [5, 5.41) is 2.79. The first-order chi connectivity index (χ1) is 7.51. The fraction of sp³-hybridized carbons (Fsp3) is 0.455. The van der Waals surface area contributed by atoms with E-state index >= 15 is 0 Å². The fourth-order valence-electron chi connectivity index (χ4n) is 1.94. The van der Waals surface area contributed by atoms with Crippen LogP contribution in [0, 0.1) is 17.6 Å². The minimum absolute atomic E-state index is 0.128. The lowest BCUT2D eigenvalue weighted by atomic mass is 9.93. The van der Waals surface area contributed by atoms with Crippen molar-refractivity contribution < 1.29 is 17.6 Å². The highest BCUT2D eigenvalue weighted by Crippen LogP contribution is 2.40. The molecule has 1 unspecified atom stereocenters. The van der Waals surface area contributed by atoms with E-state index in [0.717, 1.165) is 12.1 Å². The van der Waals surface area contributed by atoms with Crippen LogP contribution in [0.3, 0.4) is 0 Å². The third-order valence-electron chi connectivity index (χ3n) is 2.86. The maximum absolute atomic E-state index is 13.9. The van der Waals surface area contributed by atoms with Crippen LogP contribution in [0.15, 0.2) is 18.2 Å². The second-order valence-electron chi connectivity index (χ2n) is 3.94. The first kappa shape index (κ1) is 11.4. The molecule has 1 aliphatic rings. The Balaban J connectivity index is 2.37. The van der Waals surface area contributed by atoms with Crippen LogP contribution in [0.5, 0.6) is 0 Å². The Kier molecular flexibility index (Phi) is 2.88. The molecule has 0 aromatic heterocycles. The molecule has 16 heavy (non-hydrogen) atoms. The van der Waals surface area contributed by atoms with Gasteiger partial charge < -0.3 is 5.32 Å². The van der Waals surface area contributed by atoms with E-state index in [2.05, 4.69) is 5.32 Å². The molecule has 5 heteroatoms. The number of rotatable bonds is 2. The van der Waals surface area contributed by atoms with E-state index in [4.69, 9.17) is 0 Å². The quantitative estimate of drug-likeness (QED) is 0.774. The lowest BCUT2D eigenvalue weighted by Gasteiger charge is -2.23. The number of benzene rings is 1. The Morgan fingerprint density at radius 2 is 2.00 bits per heavy atom. The molecule has 1 heterocycles. The van der Waals surface area contributed by atoms with Gasteiger partial charge >= 0.3 is 0 Å². The Bertz CT molecular complexity index is 386. The monoisotopic (exact) mass is 233 g/mol. The van der Waals surface area contributed by atoms with Gasteiger partial charge in [0.2, 0.25) is 0 Å². The number of halogens is 4. The van der Waals surface area contributed by atoms with Gasteiger partial charge in [-0.05, 0) is 31.2 Å². The normalized spacial score (nSPS) is 21.4. The minimum atomic E-state index is -3.32. The molecule has 0 aliphatic carbocycles. The van der Waals surface area contributed by atoms with Gasteiger partial charge in [0.15, 0.2) is 0 Å². The van der Waals surface area contributed by atoms with Crippen LogP contribution in [-0.2, 0) is 5.92 Å². The van der Waals surface area contributed by atoms with Crippen molar-refractivity contribution in [3.05, 3.63) is 35.4 Å². The zero-order valence-corrected chi connectivity index (χ0v) is 8.44. The van der Waals surface area contributed by atoms with Gasteiger partial charge in [-0.15, -0.1) is 0 Å². The lowest BCUT2D eigenvalue weighted by Crippen LogP contribution is -2.28. The highest BCUT2D eigenvalue weighted by atomic mass is 19.3. The molecule has 0 saturated carbocycles. The molecule has 0 spiro atoms. The Labute approximate surface area is 90.5 Å². The van der Waals surface area contributed by atoms with Gasteiger partial charge in [-0.1, -0.05) is 0 Å². The molecule has 0 amide bonds. The molecule has 1 aromatic rings. The molecule has 0 radical (unpaired) electrons. The van der Waals surface area contributed by atoms with Crippen LogP contribution < -0.4 is 5.32 Å². The van der Waals surface area contributed by atoms with Gasteiger partial charge in [0, 0.05) is 12.5 Å². The summed E-state index contributed by atoms with van der Waals surface area (Å²) < 4.78 is 53.8. The summed E-state index contributed by atoms with van der Waals surface area (Å²) in [5.74, 6) is -6.19. The molecule has 1 aliphatic heterocycles. The maximum Gasteiger partial charge on any atom is 0.280 e. The van der Waals surface area contributed by atoms with Crippen molar-refractivity contribution in [3.8, 4) is 0 Å². The summed E-state index contributed by atoms with van der Waals surface area (Å²) in [4.78, 5) is 0. The van der Waals surface area contributed by atoms with Gasteiger partial charge in [0.05, 0.1) is 5.56 Å². The number of alkyl halides is 2. The first-order valence-electron chi connectivity index (χ1n) is 5.06. The zero-order valence-electron chi connectivity index (χ0n) is 8.44. The largest absolute Gasteiger partial charge is 0.316 e. The molecule has 1 saturated heterocycles. The predicted octanol–water partition coefficient (Wildman–Crippen LogP) is 2.67. The van der Waals surface area contributed by atoms with Crippen molar-refractivity contribution in [1.29, 1.82) is 0 Å². The Morgan fingerprint density at radius 1 is 1.25 bits per heavy atom. The van der Waals surface area contributed by atoms with Crippen LogP contribution in [0.1, 0.15) is 12.0 Å². The summed E-state index contributed by atoms with van der Waals surface area (Å²) in [5.41, 5.74) is -0.846. The molecule has 1 fully saturated rings. The molecule has 1 N–H and O–H groups in total. The predicted molar refractivity (Wildman–Crippen MR) is 51.2 cm³/mol. The standard InChI is InChI=1S/C11H11F4N/c12-8-1-2-10(13)9(5-8)11(14,15)7-3-4-16-6-7/h1-2,5,7,16H,3-4,6H2. The molecule has 88 valence electrons. The third kappa shape index (κ3) is 1.91.